The predicted octanol–water partition coefficient (Wildman–Crippen LogP) is 2.11. The average molecular weight is 237 g/mol. The molecule has 0 fully saturated rings. The van der Waals surface area contributed by atoms with Gasteiger partial charge in [-0.2, -0.15) is 0 Å². The van der Waals surface area contributed by atoms with Crippen LogP contribution in [0.3, 0.4) is 0 Å². The Morgan fingerprint density at radius 2 is 1.94 bits per heavy atom. The summed E-state index contributed by atoms with van der Waals surface area (Å²) in [7, 11) is 0. The lowest BCUT2D eigenvalue weighted by atomic mass is 10.3. The molecule has 0 aliphatic carbocycles. The van der Waals surface area contributed by atoms with Crippen LogP contribution in [0.1, 0.15) is 0 Å². The number of benzene rings is 1. The maximum absolute atomic E-state index is 10.2. The van der Waals surface area contributed by atoms with E-state index in [4.69, 9.17) is 10.2 Å². The molecule has 0 atom stereocenters. The summed E-state index contributed by atoms with van der Waals surface area (Å²) < 4.78 is 2.61. The summed E-state index contributed by atoms with van der Waals surface area (Å²) in [5.74, 6) is -0.602. The molecule has 1 aliphatic rings. The van der Waals surface area contributed by atoms with E-state index in [2.05, 4.69) is 4.72 Å². The summed E-state index contributed by atoms with van der Waals surface area (Å²) >= 11 is 1.25. The molecule has 1 aromatic rings. The summed E-state index contributed by atoms with van der Waals surface area (Å²) in [6, 6.07) is 8.71. The maximum atomic E-state index is 10.2. The Bertz CT molecular complexity index is 401. The predicted molar refractivity (Wildman–Crippen MR) is 63.7 cm³/mol. The minimum absolute atomic E-state index is 0.225. The van der Waals surface area contributed by atoms with Crippen LogP contribution in [0.15, 0.2) is 53.6 Å². The summed E-state index contributed by atoms with van der Waals surface area (Å²) in [6.45, 7) is 0. The van der Waals surface area contributed by atoms with Crippen molar-refractivity contribution in [2.24, 2.45) is 0 Å². The minimum atomic E-state index is -0.924. The number of phenols is 1. The first-order valence-corrected chi connectivity index (χ1v) is 5.34. The van der Waals surface area contributed by atoms with Crippen molar-refractivity contribution in [1.29, 1.82) is 0 Å². The molecule has 0 spiro atoms. The second kappa shape index (κ2) is 6.58. The zero-order chi connectivity index (χ0) is 11.8. The largest absolute Gasteiger partial charge is 0.508 e. The van der Waals surface area contributed by atoms with Crippen LogP contribution in [0, 0.1) is 0 Å². The third-order valence-electron chi connectivity index (χ3n) is 1.56. The Morgan fingerprint density at radius 1 is 1.25 bits per heavy atom. The van der Waals surface area contributed by atoms with Crippen LogP contribution in [0.25, 0.3) is 0 Å². The number of aliphatic carboxylic acids is 1. The molecule has 0 bridgehead atoms. The van der Waals surface area contributed by atoms with Crippen LogP contribution in [-0.4, -0.2) is 16.2 Å². The first-order valence-electron chi connectivity index (χ1n) is 4.46. The number of para-hydroxylation sites is 1. The lowest BCUT2D eigenvalue weighted by molar-refractivity contribution is -0.132. The van der Waals surface area contributed by atoms with E-state index < -0.39 is 5.97 Å². The molecule has 2 rings (SSSR count). The highest BCUT2D eigenvalue weighted by atomic mass is 32.2. The van der Waals surface area contributed by atoms with Gasteiger partial charge in [0.2, 0.25) is 0 Å². The number of allylic oxidation sites excluding steroid dienone is 2. The number of nitrogens with one attached hydrogen (secondary N) is 1. The van der Waals surface area contributed by atoms with Gasteiger partial charge in [-0.05, 0) is 35.6 Å². The molecule has 4 nitrogen and oxygen atoms in total. The van der Waals surface area contributed by atoms with E-state index in [1.165, 1.54) is 18.0 Å². The molecule has 0 saturated carbocycles. The number of carboxylic acids is 1. The molecule has 1 aromatic carbocycles. The van der Waals surface area contributed by atoms with Crippen LogP contribution in [0.4, 0.5) is 0 Å². The standard InChI is InChI=1S/C6H6O.C5H5NO2S/c7-6-4-2-1-3-5-6;7-5(8)4-2-1-3-9-6-4/h1-5,7H;1-3,6H,(H,7,8). The van der Waals surface area contributed by atoms with E-state index in [9.17, 15) is 4.79 Å². The summed E-state index contributed by atoms with van der Waals surface area (Å²) in [4.78, 5) is 10.2. The second-order valence-electron chi connectivity index (χ2n) is 2.77. The van der Waals surface area contributed by atoms with Crippen molar-refractivity contribution in [3.8, 4) is 5.75 Å². The topological polar surface area (TPSA) is 69.6 Å². The number of hydrogen-bond donors (Lipinski definition) is 3. The SMILES string of the molecule is O=C(O)C1=CC=CSN1.Oc1ccccc1. The highest BCUT2D eigenvalue weighted by molar-refractivity contribution is 8.00. The maximum Gasteiger partial charge on any atom is 0.352 e. The van der Waals surface area contributed by atoms with Crippen LogP contribution in [-0.2, 0) is 4.79 Å². The smallest absolute Gasteiger partial charge is 0.352 e. The quantitative estimate of drug-likeness (QED) is 0.653. The number of carbonyl (C=O) groups is 1. The van der Waals surface area contributed by atoms with Crippen molar-refractivity contribution in [3.63, 3.8) is 0 Å². The van der Waals surface area contributed by atoms with E-state index in [0.717, 1.165) is 0 Å². The van der Waals surface area contributed by atoms with Crippen LogP contribution < -0.4 is 4.72 Å². The molecule has 5 heteroatoms. The Hall–Kier alpha value is -1.88. The number of rotatable bonds is 1. The summed E-state index contributed by atoms with van der Waals surface area (Å²) in [5.41, 5.74) is 0.225. The molecular weight excluding hydrogens is 226 g/mol. The van der Waals surface area contributed by atoms with Gasteiger partial charge in [-0.25, -0.2) is 4.79 Å². The van der Waals surface area contributed by atoms with Crippen molar-refractivity contribution >= 4 is 17.9 Å². The average Bonchev–Trinajstić information content (AvgIpc) is 2.32. The highest BCUT2D eigenvalue weighted by Crippen LogP contribution is 2.07. The Morgan fingerprint density at radius 3 is 2.25 bits per heavy atom. The van der Waals surface area contributed by atoms with E-state index in [1.54, 1.807) is 35.7 Å². The first-order chi connectivity index (χ1) is 7.70. The Balaban J connectivity index is 0.000000165. The summed E-state index contributed by atoms with van der Waals surface area (Å²) in [6.07, 6.45) is 3.20. The van der Waals surface area contributed by atoms with Gasteiger partial charge in [0.05, 0.1) is 0 Å². The van der Waals surface area contributed by atoms with Crippen molar-refractivity contribution in [1.82, 2.24) is 4.72 Å². The fourth-order valence-corrected chi connectivity index (χ4v) is 1.36. The number of phenolic OH excluding ortho intramolecular Hbond substituents is 1. The molecule has 3 N–H and O–H groups in total. The first kappa shape index (κ1) is 12.2. The van der Waals surface area contributed by atoms with Gasteiger partial charge in [0.25, 0.3) is 0 Å². The fraction of sp³-hybridized carbons (Fsp3) is 0. The van der Waals surface area contributed by atoms with E-state index in [-0.39, 0.29) is 5.70 Å². The van der Waals surface area contributed by atoms with E-state index >= 15 is 0 Å². The molecular formula is C11H11NO3S. The van der Waals surface area contributed by atoms with Gasteiger partial charge in [-0.1, -0.05) is 24.3 Å². The monoisotopic (exact) mass is 237 g/mol. The number of aromatic hydroxyl groups is 1. The van der Waals surface area contributed by atoms with Gasteiger partial charge in [-0.3, -0.25) is 0 Å². The van der Waals surface area contributed by atoms with Crippen molar-refractivity contribution < 1.29 is 15.0 Å². The molecule has 1 heterocycles. The highest BCUT2D eigenvalue weighted by Gasteiger charge is 2.05. The van der Waals surface area contributed by atoms with Crippen molar-refractivity contribution in [2.75, 3.05) is 0 Å². The fourth-order valence-electron chi connectivity index (χ4n) is 0.849. The Labute approximate surface area is 97.4 Å². The molecule has 0 aromatic heterocycles. The van der Waals surface area contributed by atoms with E-state index in [0.29, 0.717) is 5.75 Å². The third kappa shape index (κ3) is 4.56. The Kier molecular flexibility index (Phi) is 5.01. The zero-order valence-electron chi connectivity index (χ0n) is 8.33. The van der Waals surface area contributed by atoms with Gasteiger partial charge < -0.3 is 14.9 Å². The van der Waals surface area contributed by atoms with Gasteiger partial charge >= 0.3 is 5.97 Å². The molecule has 1 aliphatic heterocycles. The minimum Gasteiger partial charge on any atom is -0.508 e. The summed E-state index contributed by atoms with van der Waals surface area (Å²) in [5, 5.41) is 18.8. The third-order valence-corrected chi connectivity index (χ3v) is 2.20. The molecule has 16 heavy (non-hydrogen) atoms. The second-order valence-corrected chi connectivity index (χ2v) is 3.48. The van der Waals surface area contributed by atoms with E-state index in [1.807, 2.05) is 6.07 Å². The molecule has 0 saturated heterocycles. The number of hydrogen-bond acceptors (Lipinski definition) is 4. The van der Waals surface area contributed by atoms with Crippen LogP contribution in [0.2, 0.25) is 0 Å². The van der Waals surface area contributed by atoms with Gasteiger partial charge in [0.15, 0.2) is 0 Å². The van der Waals surface area contributed by atoms with Crippen molar-refractivity contribution in [2.45, 2.75) is 0 Å². The molecule has 0 amide bonds. The van der Waals surface area contributed by atoms with Gasteiger partial charge in [-0.15, -0.1) is 0 Å². The normalized spacial score (nSPS) is 12.9. The zero-order valence-corrected chi connectivity index (χ0v) is 9.15. The molecule has 0 radical (unpaired) electrons. The van der Waals surface area contributed by atoms with Crippen molar-refractivity contribution in [3.05, 3.63) is 53.6 Å². The van der Waals surface area contributed by atoms with Crippen LogP contribution in [0.5, 0.6) is 5.75 Å². The molecule has 84 valence electrons. The lowest BCUT2D eigenvalue weighted by Crippen LogP contribution is -2.13. The van der Waals surface area contributed by atoms with Crippen LogP contribution >= 0.6 is 11.9 Å². The lowest BCUT2D eigenvalue weighted by Gasteiger charge is -2.04. The number of carboxylic acid groups (broad SMARTS) is 1. The van der Waals surface area contributed by atoms with Gasteiger partial charge in [0, 0.05) is 0 Å². The van der Waals surface area contributed by atoms with Gasteiger partial charge in [0.1, 0.15) is 11.4 Å². The molecule has 0 unspecified atom stereocenters.